The monoisotopic (exact) mass is 493 g/mol. The zero-order chi connectivity index (χ0) is 23.3. The summed E-state index contributed by atoms with van der Waals surface area (Å²) in [6.07, 6.45) is 15.9. The predicted molar refractivity (Wildman–Crippen MR) is 133 cm³/mol. The van der Waals surface area contributed by atoms with Crippen molar-refractivity contribution in [2.45, 2.75) is 32.4 Å². The van der Waals surface area contributed by atoms with Gasteiger partial charge in [-0.25, -0.2) is 4.99 Å². The van der Waals surface area contributed by atoms with Crippen LogP contribution in [0, 0.1) is 68.6 Å². The Balaban J connectivity index is 0.000000193. The van der Waals surface area contributed by atoms with Gasteiger partial charge >= 0.3 is 17.1 Å². The zero-order valence-electron chi connectivity index (χ0n) is 19.8. The minimum absolute atomic E-state index is 0. The maximum atomic E-state index is 11.3. The molecule has 2 aliphatic carbocycles. The van der Waals surface area contributed by atoms with E-state index in [4.69, 9.17) is 4.74 Å². The van der Waals surface area contributed by atoms with E-state index in [1.165, 1.54) is 0 Å². The maximum absolute atomic E-state index is 11.3. The van der Waals surface area contributed by atoms with Crippen molar-refractivity contribution in [2.75, 3.05) is 6.61 Å². The molecule has 1 heterocycles. The van der Waals surface area contributed by atoms with Crippen molar-refractivity contribution in [3.05, 3.63) is 135 Å². The maximum Gasteiger partial charge on any atom is 2.00 e. The van der Waals surface area contributed by atoms with Gasteiger partial charge in [0.25, 0.3) is 0 Å². The molecule has 5 rings (SSSR count). The molecular formula is C30H31FeNO2+2. The fourth-order valence-electron chi connectivity index (χ4n) is 3.97. The Labute approximate surface area is 216 Å². The van der Waals surface area contributed by atoms with Gasteiger partial charge in [-0.1, -0.05) is 81.4 Å². The minimum Gasteiger partial charge on any atom is -0.478 e. The molecule has 10 radical (unpaired) electrons. The summed E-state index contributed by atoms with van der Waals surface area (Å²) < 4.78 is 5.59. The van der Waals surface area contributed by atoms with Gasteiger partial charge in [0.15, 0.2) is 5.90 Å². The molecule has 3 nitrogen and oxygen atoms in total. The third-order valence-corrected chi connectivity index (χ3v) is 6.02. The van der Waals surface area contributed by atoms with Crippen LogP contribution in [0.2, 0.25) is 0 Å². The van der Waals surface area contributed by atoms with E-state index in [0.29, 0.717) is 6.61 Å². The van der Waals surface area contributed by atoms with Crippen LogP contribution in [0.3, 0.4) is 0 Å². The third-order valence-electron chi connectivity index (χ3n) is 6.02. The van der Waals surface area contributed by atoms with Crippen LogP contribution in [0.5, 0.6) is 0 Å². The van der Waals surface area contributed by atoms with Crippen molar-refractivity contribution in [1.29, 1.82) is 0 Å². The third kappa shape index (κ3) is 6.14. The van der Waals surface area contributed by atoms with Gasteiger partial charge < -0.3 is 9.84 Å². The molecule has 0 bridgehead atoms. The molecule has 0 amide bonds. The summed E-state index contributed by atoms with van der Waals surface area (Å²) in [7, 11) is 0. The van der Waals surface area contributed by atoms with E-state index in [1.54, 1.807) is 0 Å². The minimum atomic E-state index is -1.09. The largest absolute Gasteiger partial charge is 2.00 e. The van der Waals surface area contributed by atoms with Crippen molar-refractivity contribution in [2.24, 2.45) is 10.4 Å². The first-order valence-electron chi connectivity index (χ1n) is 11.4. The Kier molecular flexibility index (Phi) is 9.43. The van der Waals surface area contributed by atoms with Crippen molar-refractivity contribution < 1.29 is 26.9 Å². The summed E-state index contributed by atoms with van der Waals surface area (Å²) in [4.78, 5) is 4.60. The number of benzene rings is 2. The molecule has 1 atom stereocenters. The van der Waals surface area contributed by atoms with E-state index in [1.807, 2.05) is 112 Å². The number of hydrogen-bond donors (Lipinski definition) is 1. The van der Waals surface area contributed by atoms with E-state index in [9.17, 15) is 5.11 Å². The van der Waals surface area contributed by atoms with E-state index in [-0.39, 0.29) is 28.5 Å². The second kappa shape index (κ2) is 11.9. The normalized spacial score (nSPS) is 21.3. The number of ether oxygens (including phenoxy) is 1. The van der Waals surface area contributed by atoms with Crippen LogP contribution in [0.15, 0.2) is 65.7 Å². The fraction of sp³-hybridized carbons (Fsp3) is 0.233. The molecule has 2 aromatic carbocycles. The number of aliphatic imine (C=N–C) groups is 1. The molecule has 1 N–H and O–H groups in total. The zero-order valence-corrected chi connectivity index (χ0v) is 20.9. The quantitative estimate of drug-likeness (QED) is 0.567. The van der Waals surface area contributed by atoms with Crippen molar-refractivity contribution >= 4 is 5.90 Å². The van der Waals surface area contributed by atoms with Crippen LogP contribution < -0.4 is 0 Å². The summed E-state index contributed by atoms with van der Waals surface area (Å²) in [5, 5.41) is 11.3. The van der Waals surface area contributed by atoms with E-state index in [2.05, 4.69) is 25.8 Å². The number of rotatable bonds is 4. The second-order valence-electron chi connectivity index (χ2n) is 9.42. The summed E-state index contributed by atoms with van der Waals surface area (Å²) in [6, 6.07) is 19.8. The second-order valence-corrected chi connectivity index (χ2v) is 9.42. The summed E-state index contributed by atoms with van der Waals surface area (Å²) in [5.41, 5.74) is 0.861. The fourth-order valence-corrected chi connectivity index (χ4v) is 3.97. The van der Waals surface area contributed by atoms with E-state index < -0.39 is 5.60 Å². The number of hydrogen-bond acceptors (Lipinski definition) is 3. The smallest absolute Gasteiger partial charge is 0.478 e. The van der Waals surface area contributed by atoms with Crippen LogP contribution in [0.25, 0.3) is 0 Å². The van der Waals surface area contributed by atoms with Gasteiger partial charge in [-0.05, 0) is 67.9 Å². The van der Waals surface area contributed by atoms with E-state index in [0.717, 1.165) is 28.9 Å². The van der Waals surface area contributed by atoms with Crippen molar-refractivity contribution in [1.82, 2.24) is 0 Å². The standard InChI is InChI=1S/C18H15O.C12H16NO.Fe/c19-18(17-13-7-8-14-17,15-9-3-1-4-10-15)16-11-5-2-6-12-16;1-12(2,3)10-8-14-11(13-10)9-6-4-5-7-9;/h1-14,19H;4-7,10H,8H2,1-3H3;/q;;+2/t;10-;/m.1./s1. The van der Waals surface area contributed by atoms with Crippen molar-refractivity contribution in [3.63, 3.8) is 0 Å². The molecule has 1 aliphatic heterocycles. The first-order valence-corrected chi connectivity index (χ1v) is 11.4. The Bertz CT molecular complexity index is 855. The van der Waals surface area contributed by atoms with Gasteiger partial charge in [0.2, 0.25) is 0 Å². The van der Waals surface area contributed by atoms with Gasteiger partial charge in [-0.2, -0.15) is 0 Å². The summed E-state index contributed by atoms with van der Waals surface area (Å²) >= 11 is 0. The molecule has 174 valence electrons. The topological polar surface area (TPSA) is 41.8 Å². The van der Waals surface area contributed by atoms with Crippen LogP contribution in [-0.2, 0) is 27.4 Å². The van der Waals surface area contributed by atoms with Gasteiger partial charge in [-0.3, -0.25) is 0 Å². The molecule has 2 aromatic rings. The number of aliphatic hydroxyl groups is 1. The molecule has 2 saturated carbocycles. The Morgan fingerprint density at radius 3 is 1.68 bits per heavy atom. The summed E-state index contributed by atoms with van der Waals surface area (Å²) in [5.74, 6) is 2.79. The first-order chi connectivity index (χ1) is 15.9. The van der Waals surface area contributed by atoms with Crippen molar-refractivity contribution in [3.8, 4) is 0 Å². The molecule has 34 heavy (non-hydrogen) atoms. The van der Waals surface area contributed by atoms with Crippen LogP contribution in [0.1, 0.15) is 31.9 Å². The molecule has 0 spiro atoms. The molecule has 0 unspecified atom stereocenters. The molecule has 4 heteroatoms. The Hall–Kier alpha value is -1.61. The first kappa shape index (κ1) is 27.0. The molecule has 0 aromatic heterocycles. The Morgan fingerprint density at radius 1 is 0.765 bits per heavy atom. The number of nitrogens with zero attached hydrogens (tertiary/aromatic N) is 1. The van der Waals surface area contributed by atoms with Crippen LogP contribution >= 0.6 is 0 Å². The molecular weight excluding hydrogens is 462 g/mol. The SMILES string of the molecule is CC(C)(C)[C@H]1COC([C]2[CH][CH][CH][CH]2)=N1.OC([C]1[CH][CH][CH][CH]1)(c1ccccc1)c1ccccc1.[Fe+2]. The predicted octanol–water partition coefficient (Wildman–Crippen LogP) is 5.56. The van der Waals surface area contributed by atoms with Gasteiger partial charge in [0, 0.05) is 5.92 Å². The van der Waals surface area contributed by atoms with Gasteiger partial charge in [0.05, 0.1) is 12.0 Å². The molecule has 3 aliphatic rings. The van der Waals surface area contributed by atoms with E-state index >= 15 is 0 Å². The average Bonchev–Trinajstić information content (AvgIpc) is 3.61. The van der Waals surface area contributed by atoms with Crippen LogP contribution in [0.4, 0.5) is 0 Å². The summed E-state index contributed by atoms with van der Waals surface area (Å²) in [6.45, 7) is 7.29. The Morgan fingerprint density at radius 2 is 1.24 bits per heavy atom. The van der Waals surface area contributed by atoms with Gasteiger partial charge in [-0.15, -0.1) is 0 Å². The molecule has 2 fully saturated rings. The van der Waals surface area contributed by atoms with Crippen LogP contribution in [-0.4, -0.2) is 23.7 Å². The molecule has 0 saturated heterocycles. The average molecular weight is 493 g/mol. The van der Waals surface area contributed by atoms with Gasteiger partial charge in [0.1, 0.15) is 12.2 Å².